The molecule has 8 nitrogen and oxygen atoms in total. The Labute approximate surface area is 226 Å². The van der Waals surface area contributed by atoms with Crippen LogP contribution in [0.1, 0.15) is 43.0 Å². The van der Waals surface area contributed by atoms with E-state index in [1.54, 1.807) is 27.0 Å². The number of H-pyrrole nitrogens is 1. The lowest BCUT2D eigenvalue weighted by molar-refractivity contribution is -0.142. The Morgan fingerprint density at radius 3 is 2.41 bits per heavy atom. The van der Waals surface area contributed by atoms with Gasteiger partial charge in [0.05, 0.1) is 0 Å². The summed E-state index contributed by atoms with van der Waals surface area (Å²) in [5, 5.41) is 11.0. The number of carbonyl (C=O) groups excluding carboxylic acids is 2. The molecule has 1 aromatic heterocycles. The second-order valence-corrected chi connectivity index (χ2v) is 10.6. The smallest absolute Gasteiger partial charge is 0.420 e. The number of fused-ring (bicyclic) bond motifs is 4. The molecule has 200 valence electrons. The van der Waals surface area contributed by atoms with Crippen molar-refractivity contribution in [1.29, 1.82) is 0 Å². The van der Waals surface area contributed by atoms with Gasteiger partial charge in [0.25, 0.3) is 0 Å². The topological polar surface area (TPSA) is 109 Å². The fraction of sp³-hybridized carbons (Fsp3) is 0.258. The van der Waals surface area contributed by atoms with Gasteiger partial charge in [0, 0.05) is 23.5 Å². The molecule has 39 heavy (non-hydrogen) atoms. The predicted octanol–water partition coefficient (Wildman–Crippen LogP) is 6.31. The third-order valence-corrected chi connectivity index (χ3v) is 6.77. The molecule has 1 aliphatic rings. The first-order valence-corrected chi connectivity index (χ1v) is 12.8. The second kappa shape index (κ2) is 10.3. The minimum Gasteiger partial charge on any atom is -0.480 e. The standard InChI is InChI=1S/C31H30N2O6/c1-31(2,3)39-30(37)33(27(28(34)35)16-21-17-32-26-14-7-6-12-23(21)26)29(36)38-18-20-10-8-13-24-22-11-5-4-9-19(22)15-25(20)24/h4-14,17,27,32H,15-16,18H2,1-3H3,(H,34,35). The number of para-hydroxylation sites is 1. The average Bonchev–Trinajstić information content (AvgIpc) is 3.47. The van der Waals surface area contributed by atoms with E-state index in [-0.39, 0.29) is 13.0 Å². The Kier molecular flexibility index (Phi) is 6.87. The molecule has 1 heterocycles. The zero-order valence-corrected chi connectivity index (χ0v) is 22.1. The zero-order valence-electron chi connectivity index (χ0n) is 22.1. The fourth-order valence-corrected chi connectivity index (χ4v) is 5.01. The molecular weight excluding hydrogens is 496 g/mol. The van der Waals surface area contributed by atoms with Gasteiger partial charge in [0.1, 0.15) is 18.2 Å². The van der Waals surface area contributed by atoms with Crippen LogP contribution in [0.4, 0.5) is 9.59 Å². The first-order chi connectivity index (χ1) is 18.6. The van der Waals surface area contributed by atoms with Gasteiger partial charge in [-0.1, -0.05) is 60.7 Å². The third-order valence-electron chi connectivity index (χ3n) is 6.77. The molecule has 3 aromatic carbocycles. The summed E-state index contributed by atoms with van der Waals surface area (Å²) in [4.78, 5) is 42.8. The number of carboxylic acid groups (broad SMARTS) is 1. The minimum atomic E-state index is -1.54. The first-order valence-electron chi connectivity index (χ1n) is 12.8. The summed E-state index contributed by atoms with van der Waals surface area (Å²) in [5.41, 5.74) is 5.76. The number of benzene rings is 3. The molecule has 0 radical (unpaired) electrons. The number of carboxylic acids is 1. The molecule has 0 aliphatic heterocycles. The summed E-state index contributed by atoms with van der Waals surface area (Å²) in [6.07, 6.45) is 0.108. The molecule has 0 saturated carbocycles. The van der Waals surface area contributed by atoms with Crippen LogP contribution in [0.2, 0.25) is 0 Å². The highest BCUT2D eigenvalue weighted by molar-refractivity contribution is 5.94. The predicted molar refractivity (Wildman–Crippen MR) is 146 cm³/mol. The summed E-state index contributed by atoms with van der Waals surface area (Å²) in [6.45, 7) is 4.83. The number of hydrogen-bond donors (Lipinski definition) is 2. The molecule has 0 saturated heterocycles. The molecule has 5 rings (SSSR count). The molecule has 2 N–H and O–H groups in total. The van der Waals surface area contributed by atoms with Crippen LogP contribution in [-0.4, -0.2) is 44.8 Å². The summed E-state index contributed by atoms with van der Waals surface area (Å²) < 4.78 is 11.0. The number of imide groups is 1. The van der Waals surface area contributed by atoms with Crippen LogP contribution < -0.4 is 0 Å². The van der Waals surface area contributed by atoms with Gasteiger partial charge in [0.15, 0.2) is 0 Å². The van der Waals surface area contributed by atoms with Crippen molar-refractivity contribution in [3.8, 4) is 11.1 Å². The molecule has 1 unspecified atom stereocenters. The highest BCUT2D eigenvalue weighted by atomic mass is 16.6. The molecule has 0 fully saturated rings. The summed E-state index contributed by atoms with van der Waals surface area (Å²) in [7, 11) is 0. The Balaban J connectivity index is 1.42. The Morgan fingerprint density at radius 2 is 1.64 bits per heavy atom. The zero-order chi connectivity index (χ0) is 27.7. The summed E-state index contributed by atoms with van der Waals surface area (Å²) >= 11 is 0. The van der Waals surface area contributed by atoms with E-state index in [0.29, 0.717) is 16.9 Å². The number of amides is 2. The van der Waals surface area contributed by atoms with E-state index < -0.39 is 29.8 Å². The van der Waals surface area contributed by atoms with Gasteiger partial charge in [-0.3, -0.25) is 0 Å². The number of nitrogens with zero attached hydrogens (tertiary/aromatic N) is 1. The second-order valence-electron chi connectivity index (χ2n) is 10.6. The van der Waals surface area contributed by atoms with Crippen LogP contribution in [-0.2, 0) is 33.7 Å². The van der Waals surface area contributed by atoms with Crippen LogP contribution in [0, 0.1) is 0 Å². The molecule has 0 bridgehead atoms. The first kappa shape index (κ1) is 26.0. The molecule has 2 amide bonds. The van der Waals surface area contributed by atoms with Crippen LogP contribution >= 0.6 is 0 Å². The largest absolute Gasteiger partial charge is 0.480 e. The molecule has 0 spiro atoms. The van der Waals surface area contributed by atoms with Crippen LogP contribution in [0.5, 0.6) is 0 Å². The average molecular weight is 527 g/mol. The van der Waals surface area contributed by atoms with Gasteiger partial charge in [0.2, 0.25) is 0 Å². The van der Waals surface area contributed by atoms with Gasteiger partial charge >= 0.3 is 18.2 Å². The molecule has 1 aliphatic carbocycles. The van der Waals surface area contributed by atoms with E-state index in [9.17, 15) is 19.5 Å². The van der Waals surface area contributed by atoms with Crippen molar-refractivity contribution < 1.29 is 29.0 Å². The van der Waals surface area contributed by atoms with Gasteiger partial charge in [-0.05, 0) is 66.6 Å². The fourth-order valence-electron chi connectivity index (χ4n) is 5.01. The number of hydrogen-bond acceptors (Lipinski definition) is 5. The SMILES string of the molecule is CC(C)(C)OC(=O)N(C(=O)OCc1cccc2c1Cc1ccccc1-2)C(Cc1c[nH]c2ccccc12)C(=O)O. The number of aliphatic carboxylic acids is 1. The van der Waals surface area contributed by atoms with Crippen molar-refractivity contribution in [3.05, 3.63) is 95.2 Å². The van der Waals surface area contributed by atoms with Crippen LogP contribution in [0.15, 0.2) is 72.9 Å². The van der Waals surface area contributed by atoms with E-state index in [1.165, 1.54) is 5.56 Å². The van der Waals surface area contributed by atoms with E-state index in [2.05, 4.69) is 17.1 Å². The number of nitrogens with one attached hydrogen (secondary N) is 1. The van der Waals surface area contributed by atoms with Crippen molar-refractivity contribution in [2.75, 3.05) is 0 Å². The molecule has 8 heteroatoms. The number of ether oxygens (including phenoxy) is 2. The van der Waals surface area contributed by atoms with Crippen molar-refractivity contribution in [1.82, 2.24) is 9.88 Å². The van der Waals surface area contributed by atoms with E-state index in [4.69, 9.17) is 9.47 Å². The Hall–Kier alpha value is -4.59. The lowest BCUT2D eigenvalue weighted by Gasteiger charge is -2.29. The summed E-state index contributed by atoms with van der Waals surface area (Å²) in [5.74, 6) is -1.35. The number of rotatable bonds is 6. The Morgan fingerprint density at radius 1 is 0.923 bits per heavy atom. The number of carbonyl (C=O) groups is 3. The van der Waals surface area contributed by atoms with Crippen LogP contribution in [0.3, 0.4) is 0 Å². The molecule has 4 aromatic rings. The van der Waals surface area contributed by atoms with Crippen molar-refractivity contribution in [3.63, 3.8) is 0 Å². The van der Waals surface area contributed by atoms with Crippen molar-refractivity contribution in [2.24, 2.45) is 0 Å². The van der Waals surface area contributed by atoms with Crippen molar-refractivity contribution in [2.45, 2.75) is 51.9 Å². The lowest BCUT2D eigenvalue weighted by atomic mass is 10.0. The van der Waals surface area contributed by atoms with Gasteiger partial charge in [-0.15, -0.1) is 0 Å². The number of aromatic nitrogens is 1. The quantitative estimate of drug-likeness (QED) is 0.268. The van der Waals surface area contributed by atoms with E-state index >= 15 is 0 Å². The van der Waals surface area contributed by atoms with E-state index in [0.717, 1.165) is 33.2 Å². The highest BCUT2D eigenvalue weighted by Gasteiger charge is 2.39. The molecule has 1 atom stereocenters. The highest BCUT2D eigenvalue weighted by Crippen LogP contribution is 2.38. The number of aromatic amines is 1. The lowest BCUT2D eigenvalue weighted by Crippen LogP contribution is -2.51. The molecular formula is C31H30N2O6. The normalized spacial score (nSPS) is 12.9. The maximum atomic E-state index is 13.4. The maximum Gasteiger partial charge on any atom is 0.420 e. The van der Waals surface area contributed by atoms with Crippen LogP contribution in [0.25, 0.3) is 22.0 Å². The van der Waals surface area contributed by atoms with Gasteiger partial charge in [-0.2, -0.15) is 4.90 Å². The maximum absolute atomic E-state index is 13.4. The summed E-state index contributed by atoms with van der Waals surface area (Å²) in [6, 6.07) is 19.8. The Bertz CT molecular complexity index is 1560. The van der Waals surface area contributed by atoms with E-state index in [1.807, 2.05) is 54.6 Å². The van der Waals surface area contributed by atoms with Gasteiger partial charge < -0.3 is 19.6 Å². The monoisotopic (exact) mass is 526 g/mol. The van der Waals surface area contributed by atoms with Crippen molar-refractivity contribution >= 4 is 29.1 Å². The minimum absolute atomic E-state index is 0.116. The third kappa shape index (κ3) is 5.36. The van der Waals surface area contributed by atoms with Gasteiger partial charge in [-0.25, -0.2) is 14.4 Å².